The maximum Gasteiger partial charge on any atom is 0.0766 e. The van der Waals surface area contributed by atoms with Crippen LogP contribution in [-0.2, 0) is 5.54 Å². The molecule has 0 amide bonds. The van der Waals surface area contributed by atoms with E-state index in [1.54, 1.807) is 6.20 Å². The molecule has 1 heterocycles. The molecule has 4 heteroatoms. The second kappa shape index (κ2) is 2.30. The predicted octanol–water partition coefficient (Wildman–Crippen LogP) is 0.116. The van der Waals surface area contributed by atoms with Gasteiger partial charge in [0.15, 0.2) is 0 Å². The zero-order valence-corrected chi connectivity index (χ0v) is 6.40. The molecule has 1 aliphatic rings. The van der Waals surface area contributed by atoms with Crippen molar-refractivity contribution < 1.29 is 0 Å². The van der Waals surface area contributed by atoms with Crippen LogP contribution in [0.4, 0.5) is 0 Å². The van der Waals surface area contributed by atoms with Gasteiger partial charge in [-0.1, -0.05) is 5.21 Å². The Kier molecular flexibility index (Phi) is 1.42. The first-order chi connectivity index (χ1) is 5.37. The number of rotatable bonds is 2. The summed E-state index contributed by atoms with van der Waals surface area (Å²) in [5.41, 5.74) is 5.78. The molecule has 2 rings (SSSR count). The van der Waals surface area contributed by atoms with Gasteiger partial charge < -0.3 is 5.73 Å². The van der Waals surface area contributed by atoms with Crippen molar-refractivity contribution in [3.63, 3.8) is 0 Å². The zero-order chi connectivity index (χ0) is 7.73. The lowest BCUT2D eigenvalue weighted by atomic mass is 9.77. The van der Waals surface area contributed by atoms with Gasteiger partial charge in [0.05, 0.1) is 11.7 Å². The average molecular weight is 152 g/mol. The summed E-state index contributed by atoms with van der Waals surface area (Å²) in [5, 5.41) is 7.74. The lowest BCUT2D eigenvalue weighted by molar-refractivity contribution is 0.132. The summed E-state index contributed by atoms with van der Waals surface area (Å²) in [7, 11) is 0. The summed E-state index contributed by atoms with van der Waals surface area (Å²) in [4.78, 5) is 0. The molecule has 1 fully saturated rings. The molecule has 0 unspecified atom stereocenters. The summed E-state index contributed by atoms with van der Waals surface area (Å²) in [6.45, 7) is 0.677. The number of hydrogen-bond acceptors (Lipinski definition) is 3. The standard InChI is InChI=1S/C7H12N4/c8-6-7(2-1-3-7)11-5-4-9-10-11/h4-5H,1-3,6,8H2. The van der Waals surface area contributed by atoms with E-state index >= 15 is 0 Å². The molecule has 0 spiro atoms. The Labute approximate surface area is 65.4 Å². The largest absolute Gasteiger partial charge is 0.328 e. The Hall–Kier alpha value is -0.900. The van der Waals surface area contributed by atoms with Crippen molar-refractivity contribution in [1.82, 2.24) is 15.0 Å². The monoisotopic (exact) mass is 152 g/mol. The van der Waals surface area contributed by atoms with E-state index in [1.807, 2.05) is 10.9 Å². The van der Waals surface area contributed by atoms with Gasteiger partial charge in [0.2, 0.25) is 0 Å². The van der Waals surface area contributed by atoms with Gasteiger partial charge in [-0.3, -0.25) is 0 Å². The topological polar surface area (TPSA) is 56.7 Å². The minimum atomic E-state index is 0.108. The fourth-order valence-corrected chi connectivity index (χ4v) is 1.57. The predicted molar refractivity (Wildman–Crippen MR) is 40.9 cm³/mol. The highest BCUT2D eigenvalue weighted by molar-refractivity contribution is 4.94. The number of aromatic nitrogens is 3. The van der Waals surface area contributed by atoms with Crippen molar-refractivity contribution in [2.45, 2.75) is 24.8 Å². The van der Waals surface area contributed by atoms with Crippen molar-refractivity contribution in [3.05, 3.63) is 12.4 Å². The first-order valence-electron chi connectivity index (χ1n) is 3.94. The van der Waals surface area contributed by atoms with Gasteiger partial charge in [-0.25, -0.2) is 4.68 Å². The zero-order valence-electron chi connectivity index (χ0n) is 6.40. The van der Waals surface area contributed by atoms with Gasteiger partial charge in [-0.05, 0) is 19.3 Å². The van der Waals surface area contributed by atoms with Crippen molar-refractivity contribution >= 4 is 0 Å². The first-order valence-corrected chi connectivity index (χ1v) is 3.94. The molecular formula is C7H12N4. The fourth-order valence-electron chi connectivity index (χ4n) is 1.57. The normalized spacial score (nSPS) is 21.2. The number of nitrogens with two attached hydrogens (primary N) is 1. The Morgan fingerprint density at radius 3 is 2.73 bits per heavy atom. The van der Waals surface area contributed by atoms with Crippen LogP contribution in [-0.4, -0.2) is 21.5 Å². The molecule has 0 aliphatic heterocycles. The third-order valence-electron chi connectivity index (χ3n) is 2.57. The third kappa shape index (κ3) is 0.860. The Balaban J connectivity index is 2.25. The summed E-state index contributed by atoms with van der Waals surface area (Å²) < 4.78 is 1.90. The molecule has 1 saturated carbocycles. The highest BCUT2D eigenvalue weighted by Crippen LogP contribution is 2.37. The maximum absolute atomic E-state index is 5.67. The van der Waals surface area contributed by atoms with E-state index in [0.29, 0.717) is 6.54 Å². The van der Waals surface area contributed by atoms with Gasteiger partial charge >= 0.3 is 0 Å². The van der Waals surface area contributed by atoms with Crippen LogP contribution < -0.4 is 5.73 Å². The molecule has 0 saturated heterocycles. The lowest BCUT2D eigenvalue weighted by Crippen LogP contribution is -2.47. The maximum atomic E-state index is 5.67. The van der Waals surface area contributed by atoms with E-state index in [1.165, 1.54) is 6.42 Å². The molecule has 0 bridgehead atoms. The average Bonchev–Trinajstić information content (AvgIpc) is 2.39. The van der Waals surface area contributed by atoms with E-state index < -0.39 is 0 Å². The molecule has 11 heavy (non-hydrogen) atoms. The summed E-state index contributed by atoms with van der Waals surface area (Å²) >= 11 is 0. The molecule has 1 aliphatic carbocycles. The number of nitrogens with zero attached hydrogens (tertiary/aromatic N) is 3. The van der Waals surface area contributed by atoms with Crippen molar-refractivity contribution in [3.8, 4) is 0 Å². The smallest absolute Gasteiger partial charge is 0.0766 e. The van der Waals surface area contributed by atoms with E-state index in [2.05, 4.69) is 10.3 Å². The van der Waals surface area contributed by atoms with E-state index in [-0.39, 0.29) is 5.54 Å². The minimum Gasteiger partial charge on any atom is -0.328 e. The molecule has 60 valence electrons. The third-order valence-corrected chi connectivity index (χ3v) is 2.57. The van der Waals surface area contributed by atoms with E-state index in [9.17, 15) is 0 Å². The molecule has 2 N–H and O–H groups in total. The van der Waals surface area contributed by atoms with Gasteiger partial charge in [-0.15, -0.1) is 5.10 Å². The van der Waals surface area contributed by atoms with Crippen molar-refractivity contribution in [2.75, 3.05) is 6.54 Å². The molecule has 0 atom stereocenters. The summed E-state index contributed by atoms with van der Waals surface area (Å²) in [6, 6.07) is 0. The Morgan fingerprint density at radius 1 is 1.55 bits per heavy atom. The van der Waals surface area contributed by atoms with Crippen LogP contribution in [0.5, 0.6) is 0 Å². The molecule has 0 aromatic carbocycles. The van der Waals surface area contributed by atoms with Crippen molar-refractivity contribution in [1.29, 1.82) is 0 Å². The van der Waals surface area contributed by atoms with Crippen LogP contribution in [0.25, 0.3) is 0 Å². The van der Waals surface area contributed by atoms with E-state index in [0.717, 1.165) is 12.8 Å². The number of hydrogen-bond donors (Lipinski definition) is 1. The second-order valence-electron chi connectivity index (χ2n) is 3.13. The van der Waals surface area contributed by atoms with Crippen LogP contribution in [0, 0.1) is 0 Å². The highest BCUT2D eigenvalue weighted by atomic mass is 15.4. The van der Waals surface area contributed by atoms with Crippen LogP contribution in [0.15, 0.2) is 12.4 Å². The van der Waals surface area contributed by atoms with Crippen LogP contribution in [0.1, 0.15) is 19.3 Å². The van der Waals surface area contributed by atoms with Gasteiger partial charge in [0, 0.05) is 12.7 Å². The Bertz CT molecular complexity index is 219. The first kappa shape index (κ1) is 6.79. The van der Waals surface area contributed by atoms with Gasteiger partial charge in [0.1, 0.15) is 0 Å². The van der Waals surface area contributed by atoms with Gasteiger partial charge in [-0.2, -0.15) is 0 Å². The molecule has 4 nitrogen and oxygen atoms in total. The minimum absolute atomic E-state index is 0.108. The quantitative estimate of drug-likeness (QED) is 0.654. The second-order valence-corrected chi connectivity index (χ2v) is 3.13. The van der Waals surface area contributed by atoms with Gasteiger partial charge in [0.25, 0.3) is 0 Å². The Morgan fingerprint density at radius 2 is 2.36 bits per heavy atom. The lowest BCUT2D eigenvalue weighted by Gasteiger charge is -2.40. The van der Waals surface area contributed by atoms with Crippen molar-refractivity contribution in [2.24, 2.45) is 5.73 Å². The molecule has 1 aromatic rings. The fraction of sp³-hybridized carbons (Fsp3) is 0.714. The summed E-state index contributed by atoms with van der Waals surface area (Å²) in [6.07, 6.45) is 7.15. The van der Waals surface area contributed by atoms with Crippen LogP contribution in [0.3, 0.4) is 0 Å². The highest BCUT2D eigenvalue weighted by Gasteiger charge is 2.38. The molecular weight excluding hydrogens is 140 g/mol. The van der Waals surface area contributed by atoms with Crippen LogP contribution in [0.2, 0.25) is 0 Å². The van der Waals surface area contributed by atoms with Crippen LogP contribution >= 0.6 is 0 Å². The molecule has 1 aromatic heterocycles. The SMILES string of the molecule is NCC1(n2ccnn2)CCC1. The summed E-state index contributed by atoms with van der Waals surface area (Å²) in [5.74, 6) is 0. The molecule has 0 radical (unpaired) electrons. The van der Waals surface area contributed by atoms with E-state index in [4.69, 9.17) is 5.73 Å².